The van der Waals surface area contributed by atoms with Crippen molar-refractivity contribution in [2.45, 2.75) is 45.6 Å². The lowest BCUT2D eigenvalue weighted by Gasteiger charge is -2.29. The lowest BCUT2D eigenvalue weighted by atomic mass is 9.99. The second-order valence-electron chi connectivity index (χ2n) is 6.52. The van der Waals surface area contributed by atoms with Gasteiger partial charge in [-0.2, -0.15) is 10.2 Å². The molecular formula is C16H20ClN5O2. The number of aryl methyl sites for hydroxylation is 1. The van der Waals surface area contributed by atoms with Gasteiger partial charge in [-0.3, -0.25) is 14.2 Å². The summed E-state index contributed by atoms with van der Waals surface area (Å²) in [5.74, 6) is -0.0448. The van der Waals surface area contributed by atoms with Crippen molar-refractivity contribution in [1.29, 1.82) is 0 Å². The van der Waals surface area contributed by atoms with E-state index in [1.807, 2.05) is 25.6 Å². The molecule has 128 valence electrons. The predicted molar refractivity (Wildman–Crippen MR) is 87.9 cm³/mol. The molecule has 0 N–H and O–H groups in total. The van der Waals surface area contributed by atoms with Crippen molar-refractivity contribution in [1.82, 2.24) is 24.5 Å². The first-order chi connectivity index (χ1) is 11.5. The van der Waals surface area contributed by atoms with Crippen molar-refractivity contribution < 1.29 is 9.53 Å². The third-order valence-corrected chi connectivity index (χ3v) is 5.13. The van der Waals surface area contributed by atoms with E-state index in [1.54, 1.807) is 15.8 Å². The average Bonchev–Trinajstić information content (AvgIpc) is 3.07. The van der Waals surface area contributed by atoms with E-state index in [4.69, 9.17) is 16.3 Å². The number of hydrogen-bond donors (Lipinski definition) is 0. The Morgan fingerprint density at radius 2 is 2.17 bits per heavy atom. The summed E-state index contributed by atoms with van der Waals surface area (Å²) < 4.78 is 9.51. The molecule has 7 nitrogen and oxygen atoms in total. The fourth-order valence-electron chi connectivity index (χ4n) is 3.75. The fourth-order valence-corrected chi connectivity index (χ4v) is 3.95. The zero-order valence-electron chi connectivity index (χ0n) is 14.0. The molecule has 4 heterocycles. The summed E-state index contributed by atoms with van der Waals surface area (Å²) in [4.78, 5) is 14.9. The lowest BCUT2D eigenvalue weighted by Crippen LogP contribution is -2.39. The first-order valence-corrected chi connectivity index (χ1v) is 8.54. The fraction of sp³-hybridized carbons (Fsp3) is 0.562. The number of rotatable bonds is 1. The van der Waals surface area contributed by atoms with Gasteiger partial charge in [0.25, 0.3) is 5.91 Å². The van der Waals surface area contributed by atoms with Gasteiger partial charge < -0.3 is 9.64 Å². The quantitative estimate of drug-likeness (QED) is 0.789. The van der Waals surface area contributed by atoms with Crippen LogP contribution in [-0.2, 0) is 31.3 Å². The number of nitrogens with zero attached hydrogens (tertiary/aromatic N) is 5. The first kappa shape index (κ1) is 15.7. The number of halogens is 1. The van der Waals surface area contributed by atoms with Gasteiger partial charge in [0.05, 0.1) is 47.9 Å². The molecule has 2 aromatic rings. The smallest absolute Gasteiger partial charge is 0.275 e. The van der Waals surface area contributed by atoms with Gasteiger partial charge in [0.2, 0.25) is 0 Å². The second kappa shape index (κ2) is 5.60. The minimum atomic E-state index is -0.0555. The molecular weight excluding hydrogens is 330 g/mol. The Labute approximate surface area is 145 Å². The van der Waals surface area contributed by atoms with Crippen LogP contribution in [0.1, 0.15) is 47.4 Å². The van der Waals surface area contributed by atoms with Crippen molar-refractivity contribution >= 4 is 17.5 Å². The number of ether oxygens (including phenoxy) is 1. The number of fused-ring (bicyclic) bond motifs is 2. The monoisotopic (exact) mass is 349 g/mol. The summed E-state index contributed by atoms with van der Waals surface area (Å²) in [6.45, 7) is 5.75. The van der Waals surface area contributed by atoms with Crippen molar-refractivity contribution in [3.63, 3.8) is 0 Å². The Kier molecular flexibility index (Phi) is 3.65. The molecule has 0 bridgehead atoms. The van der Waals surface area contributed by atoms with E-state index in [1.165, 1.54) is 0 Å². The maximum absolute atomic E-state index is 13.1. The van der Waals surface area contributed by atoms with Crippen LogP contribution in [0, 0.1) is 0 Å². The first-order valence-electron chi connectivity index (χ1n) is 8.16. The van der Waals surface area contributed by atoms with Crippen LogP contribution in [0.25, 0.3) is 0 Å². The highest BCUT2D eigenvalue weighted by Gasteiger charge is 2.34. The van der Waals surface area contributed by atoms with E-state index < -0.39 is 0 Å². The Morgan fingerprint density at radius 1 is 1.38 bits per heavy atom. The van der Waals surface area contributed by atoms with Gasteiger partial charge in [-0.1, -0.05) is 11.6 Å². The van der Waals surface area contributed by atoms with Gasteiger partial charge in [0, 0.05) is 25.6 Å². The molecule has 8 heteroatoms. The molecule has 2 aromatic heterocycles. The molecule has 0 saturated carbocycles. The largest absolute Gasteiger partial charge is 0.369 e. The molecule has 0 radical (unpaired) electrons. The van der Waals surface area contributed by atoms with Gasteiger partial charge in [-0.05, 0) is 13.8 Å². The molecule has 1 amide bonds. The molecule has 24 heavy (non-hydrogen) atoms. The summed E-state index contributed by atoms with van der Waals surface area (Å²) in [6.07, 6.45) is 2.37. The summed E-state index contributed by atoms with van der Waals surface area (Å²) in [7, 11) is 1.87. The van der Waals surface area contributed by atoms with Gasteiger partial charge in [-0.25, -0.2) is 0 Å². The number of amides is 1. The number of hydrogen-bond acceptors (Lipinski definition) is 4. The third kappa shape index (κ3) is 2.34. The predicted octanol–water partition coefficient (Wildman–Crippen LogP) is 1.95. The number of carbonyl (C=O) groups excluding carboxylic acids is 1. The van der Waals surface area contributed by atoms with Crippen molar-refractivity contribution in [2.75, 3.05) is 6.54 Å². The number of aromatic nitrogens is 4. The van der Waals surface area contributed by atoms with Crippen molar-refractivity contribution in [3.05, 3.63) is 33.9 Å². The van der Waals surface area contributed by atoms with Crippen molar-refractivity contribution in [2.24, 2.45) is 7.05 Å². The van der Waals surface area contributed by atoms with E-state index in [0.29, 0.717) is 36.8 Å². The molecule has 2 aliphatic rings. The lowest BCUT2D eigenvalue weighted by molar-refractivity contribution is -0.00907. The van der Waals surface area contributed by atoms with E-state index in [0.717, 1.165) is 17.0 Å². The highest BCUT2D eigenvalue weighted by Crippen LogP contribution is 2.32. The Hall–Kier alpha value is -1.86. The third-order valence-electron chi connectivity index (χ3n) is 4.82. The van der Waals surface area contributed by atoms with Crippen LogP contribution in [0.2, 0.25) is 5.02 Å². The standard InChI is InChI=1S/C16H20ClN5O2/c1-9-6-11-14(19-20(3)15(11)10(2)24-9)16(23)21-4-5-22-13(8-21)12(17)7-18-22/h7,9-10H,4-6,8H2,1-3H3/t9-,10+/m1/s1. The highest BCUT2D eigenvalue weighted by atomic mass is 35.5. The summed E-state index contributed by atoms with van der Waals surface area (Å²) in [5.41, 5.74) is 3.43. The van der Waals surface area contributed by atoms with E-state index >= 15 is 0 Å². The normalized spacial score (nSPS) is 23.1. The average molecular weight is 350 g/mol. The number of carbonyl (C=O) groups is 1. The summed E-state index contributed by atoms with van der Waals surface area (Å²) in [6, 6.07) is 0. The van der Waals surface area contributed by atoms with Gasteiger partial charge in [-0.15, -0.1) is 0 Å². The maximum atomic E-state index is 13.1. The van der Waals surface area contributed by atoms with Gasteiger partial charge >= 0.3 is 0 Å². The van der Waals surface area contributed by atoms with E-state index in [9.17, 15) is 4.79 Å². The summed E-state index contributed by atoms with van der Waals surface area (Å²) >= 11 is 6.17. The van der Waals surface area contributed by atoms with E-state index in [2.05, 4.69) is 10.2 Å². The molecule has 0 saturated heterocycles. The minimum absolute atomic E-state index is 0.0448. The molecule has 2 aliphatic heterocycles. The van der Waals surface area contributed by atoms with Crippen LogP contribution in [0.5, 0.6) is 0 Å². The van der Waals surface area contributed by atoms with Crippen LogP contribution in [0.3, 0.4) is 0 Å². The van der Waals surface area contributed by atoms with Crippen LogP contribution >= 0.6 is 11.6 Å². The molecule has 0 spiro atoms. The molecule has 2 atom stereocenters. The van der Waals surface area contributed by atoms with Gasteiger partial charge in [0.1, 0.15) is 0 Å². The molecule has 0 aromatic carbocycles. The maximum Gasteiger partial charge on any atom is 0.275 e. The zero-order valence-corrected chi connectivity index (χ0v) is 14.7. The highest BCUT2D eigenvalue weighted by molar-refractivity contribution is 6.31. The zero-order chi connectivity index (χ0) is 17.0. The van der Waals surface area contributed by atoms with Gasteiger partial charge in [0.15, 0.2) is 5.69 Å². The summed E-state index contributed by atoms with van der Waals surface area (Å²) in [5, 5.41) is 9.34. The van der Waals surface area contributed by atoms with Crippen LogP contribution in [0.4, 0.5) is 0 Å². The Balaban J connectivity index is 1.67. The minimum Gasteiger partial charge on any atom is -0.369 e. The topological polar surface area (TPSA) is 65.2 Å². The van der Waals surface area contributed by atoms with E-state index in [-0.39, 0.29) is 18.1 Å². The Bertz CT molecular complexity index is 812. The second-order valence-corrected chi connectivity index (χ2v) is 6.93. The molecule has 0 aliphatic carbocycles. The molecule has 0 unspecified atom stereocenters. The van der Waals surface area contributed by atoms with Crippen LogP contribution in [-0.4, -0.2) is 43.0 Å². The SMILES string of the molecule is C[C@@H]1Cc2c(C(=O)N3CCn4ncc(Cl)c4C3)nn(C)c2[C@H](C)O1. The van der Waals surface area contributed by atoms with Crippen LogP contribution < -0.4 is 0 Å². The van der Waals surface area contributed by atoms with Crippen molar-refractivity contribution in [3.8, 4) is 0 Å². The van der Waals surface area contributed by atoms with Crippen LogP contribution in [0.15, 0.2) is 6.20 Å². The Morgan fingerprint density at radius 3 is 2.96 bits per heavy atom. The molecule has 4 rings (SSSR count). The molecule has 0 fully saturated rings.